The van der Waals surface area contributed by atoms with Gasteiger partial charge in [-0.3, -0.25) is 4.79 Å². The number of hydrogen-bond donors (Lipinski definition) is 2. The number of carbonyl (C=O) groups excluding carboxylic acids is 1. The van der Waals surface area contributed by atoms with Crippen LogP contribution in [-0.4, -0.2) is 30.3 Å². The monoisotopic (exact) mass is 291 g/mol. The summed E-state index contributed by atoms with van der Waals surface area (Å²) in [5.41, 5.74) is -0.328. The Labute approximate surface area is 123 Å². The molecule has 5 nitrogen and oxygen atoms in total. The Kier molecular flexibility index (Phi) is 4.53. The number of aliphatic hydroxyl groups is 1. The summed E-state index contributed by atoms with van der Waals surface area (Å²) in [7, 11) is 1.56. The van der Waals surface area contributed by atoms with Gasteiger partial charge in [-0.2, -0.15) is 0 Å². The van der Waals surface area contributed by atoms with Crippen molar-refractivity contribution >= 4 is 16.9 Å². The van der Waals surface area contributed by atoms with Gasteiger partial charge in [0, 0.05) is 11.9 Å². The molecule has 1 amide bonds. The van der Waals surface area contributed by atoms with Crippen LogP contribution in [0.2, 0.25) is 0 Å². The number of carbonyl (C=O) groups is 1. The fourth-order valence-corrected chi connectivity index (χ4v) is 2.14. The molecular weight excluding hydrogens is 270 g/mol. The van der Waals surface area contributed by atoms with Gasteiger partial charge in [0.15, 0.2) is 17.1 Å². The largest absolute Gasteiger partial charge is 0.493 e. The van der Waals surface area contributed by atoms with E-state index < -0.39 is 5.60 Å². The smallest absolute Gasteiger partial charge is 0.287 e. The molecule has 114 valence electrons. The van der Waals surface area contributed by atoms with E-state index in [0.29, 0.717) is 24.2 Å². The van der Waals surface area contributed by atoms with Gasteiger partial charge in [-0.25, -0.2) is 0 Å². The van der Waals surface area contributed by atoms with Gasteiger partial charge in [0.1, 0.15) is 0 Å². The second-order valence-electron chi connectivity index (χ2n) is 5.10. The lowest BCUT2D eigenvalue weighted by atomic mass is 9.97. The molecule has 21 heavy (non-hydrogen) atoms. The first-order chi connectivity index (χ1) is 10.0. The molecule has 0 bridgehead atoms. The molecular formula is C16H21NO4. The number of furan rings is 1. The molecule has 2 rings (SSSR count). The molecule has 2 aromatic rings. The number of rotatable bonds is 6. The van der Waals surface area contributed by atoms with E-state index in [1.807, 2.05) is 26.0 Å². The van der Waals surface area contributed by atoms with E-state index in [1.54, 1.807) is 19.2 Å². The summed E-state index contributed by atoms with van der Waals surface area (Å²) in [6.45, 7) is 3.98. The Morgan fingerprint density at radius 1 is 1.38 bits per heavy atom. The van der Waals surface area contributed by atoms with Crippen LogP contribution in [0.1, 0.15) is 37.2 Å². The number of fused-ring (bicyclic) bond motifs is 1. The number of ether oxygens (including phenoxy) is 1. The zero-order valence-corrected chi connectivity index (χ0v) is 12.6. The van der Waals surface area contributed by atoms with Gasteiger partial charge in [0.25, 0.3) is 5.91 Å². The van der Waals surface area contributed by atoms with Gasteiger partial charge in [-0.05, 0) is 25.0 Å². The Morgan fingerprint density at radius 3 is 2.71 bits per heavy atom. The molecule has 0 aliphatic carbocycles. The average molecular weight is 291 g/mol. The van der Waals surface area contributed by atoms with Crippen LogP contribution in [-0.2, 0) is 0 Å². The molecule has 1 heterocycles. The van der Waals surface area contributed by atoms with Crippen molar-refractivity contribution in [1.82, 2.24) is 5.32 Å². The number of nitrogens with one attached hydrogen (secondary N) is 1. The molecule has 0 fully saturated rings. The minimum absolute atomic E-state index is 0.201. The summed E-state index contributed by atoms with van der Waals surface area (Å²) in [6.07, 6.45) is 1.16. The summed E-state index contributed by atoms with van der Waals surface area (Å²) in [4.78, 5) is 12.1. The van der Waals surface area contributed by atoms with E-state index in [2.05, 4.69) is 5.32 Å². The predicted molar refractivity (Wildman–Crippen MR) is 80.6 cm³/mol. The molecule has 0 atom stereocenters. The number of amides is 1. The van der Waals surface area contributed by atoms with Crippen LogP contribution in [0, 0.1) is 0 Å². The maximum Gasteiger partial charge on any atom is 0.287 e. The van der Waals surface area contributed by atoms with Crippen LogP contribution in [0.25, 0.3) is 11.0 Å². The molecule has 0 saturated carbocycles. The molecule has 0 spiro atoms. The van der Waals surface area contributed by atoms with Gasteiger partial charge in [-0.1, -0.05) is 26.0 Å². The quantitative estimate of drug-likeness (QED) is 0.858. The molecule has 0 aliphatic heterocycles. The Hall–Kier alpha value is -2.01. The SMILES string of the molecule is CCC(O)(CC)CNC(=O)c1cc2cccc(OC)c2o1. The first-order valence-electron chi connectivity index (χ1n) is 7.10. The lowest BCUT2D eigenvalue weighted by molar-refractivity contribution is 0.0310. The van der Waals surface area contributed by atoms with Crippen molar-refractivity contribution in [2.75, 3.05) is 13.7 Å². The predicted octanol–water partition coefficient (Wildman–Crippen LogP) is 2.72. The molecule has 0 aliphatic rings. The van der Waals surface area contributed by atoms with Gasteiger partial charge < -0.3 is 19.6 Å². The fraction of sp³-hybridized carbons (Fsp3) is 0.438. The summed E-state index contributed by atoms with van der Waals surface area (Å²) in [5, 5.41) is 13.7. The molecule has 5 heteroatoms. The number of benzene rings is 1. The molecule has 0 unspecified atom stereocenters. The van der Waals surface area contributed by atoms with Gasteiger partial charge >= 0.3 is 0 Å². The highest BCUT2D eigenvalue weighted by molar-refractivity contribution is 5.97. The van der Waals surface area contributed by atoms with Crippen LogP contribution in [0.15, 0.2) is 28.7 Å². The Morgan fingerprint density at radius 2 is 2.10 bits per heavy atom. The van der Waals surface area contributed by atoms with Gasteiger partial charge in [0.05, 0.1) is 12.7 Å². The van der Waals surface area contributed by atoms with E-state index in [0.717, 1.165) is 5.39 Å². The highest BCUT2D eigenvalue weighted by Gasteiger charge is 2.24. The number of para-hydroxylation sites is 1. The number of hydrogen-bond acceptors (Lipinski definition) is 4. The maximum atomic E-state index is 12.1. The van der Waals surface area contributed by atoms with Gasteiger partial charge in [0.2, 0.25) is 0 Å². The summed E-state index contributed by atoms with van der Waals surface area (Å²) >= 11 is 0. The number of methoxy groups -OCH3 is 1. The lowest BCUT2D eigenvalue weighted by Crippen LogP contribution is -2.41. The highest BCUT2D eigenvalue weighted by atomic mass is 16.5. The zero-order chi connectivity index (χ0) is 15.5. The minimum Gasteiger partial charge on any atom is -0.493 e. The van der Waals surface area contributed by atoms with E-state index in [-0.39, 0.29) is 18.2 Å². The van der Waals surface area contributed by atoms with E-state index in [1.165, 1.54) is 0 Å². The van der Waals surface area contributed by atoms with Crippen molar-refractivity contribution in [2.45, 2.75) is 32.3 Å². The highest BCUT2D eigenvalue weighted by Crippen LogP contribution is 2.28. The Bertz CT molecular complexity index is 628. The third-order valence-corrected chi connectivity index (χ3v) is 3.85. The molecule has 0 saturated heterocycles. The van der Waals surface area contributed by atoms with Crippen LogP contribution < -0.4 is 10.1 Å². The van der Waals surface area contributed by atoms with Crippen molar-refractivity contribution in [1.29, 1.82) is 0 Å². The normalized spacial score (nSPS) is 11.6. The van der Waals surface area contributed by atoms with Gasteiger partial charge in [-0.15, -0.1) is 0 Å². The third kappa shape index (κ3) is 3.19. The third-order valence-electron chi connectivity index (χ3n) is 3.85. The summed E-state index contributed by atoms with van der Waals surface area (Å²) < 4.78 is 10.8. The van der Waals surface area contributed by atoms with Crippen LogP contribution in [0.5, 0.6) is 5.75 Å². The van der Waals surface area contributed by atoms with Crippen LogP contribution in [0.4, 0.5) is 0 Å². The average Bonchev–Trinajstić information content (AvgIpc) is 2.96. The molecule has 1 aromatic carbocycles. The molecule has 2 N–H and O–H groups in total. The van der Waals surface area contributed by atoms with E-state index >= 15 is 0 Å². The standard InChI is InChI=1S/C16H21NO4/c1-4-16(19,5-2)10-17-15(18)13-9-11-7-6-8-12(20-3)14(11)21-13/h6-9,19H,4-5,10H2,1-3H3,(H,17,18). The maximum absolute atomic E-state index is 12.1. The van der Waals surface area contributed by atoms with Crippen LogP contribution >= 0.6 is 0 Å². The zero-order valence-electron chi connectivity index (χ0n) is 12.6. The summed E-state index contributed by atoms with van der Waals surface area (Å²) in [5.74, 6) is 0.461. The summed E-state index contributed by atoms with van der Waals surface area (Å²) in [6, 6.07) is 7.14. The topological polar surface area (TPSA) is 71.7 Å². The second-order valence-corrected chi connectivity index (χ2v) is 5.10. The van der Waals surface area contributed by atoms with Crippen molar-refractivity contribution in [2.24, 2.45) is 0 Å². The van der Waals surface area contributed by atoms with Crippen molar-refractivity contribution in [3.63, 3.8) is 0 Å². The fourth-order valence-electron chi connectivity index (χ4n) is 2.14. The first-order valence-corrected chi connectivity index (χ1v) is 7.10. The van der Waals surface area contributed by atoms with Crippen molar-refractivity contribution in [3.8, 4) is 5.75 Å². The van der Waals surface area contributed by atoms with E-state index in [9.17, 15) is 9.90 Å². The minimum atomic E-state index is -0.876. The first kappa shape index (κ1) is 15.4. The Balaban J connectivity index is 2.17. The van der Waals surface area contributed by atoms with E-state index in [4.69, 9.17) is 9.15 Å². The second kappa shape index (κ2) is 6.18. The van der Waals surface area contributed by atoms with Crippen molar-refractivity contribution < 1.29 is 19.1 Å². The molecule has 0 radical (unpaired) electrons. The van der Waals surface area contributed by atoms with Crippen LogP contribution in [0.3, 0.4) is 0 Å². The molecule has 1 aromatic heterocycles. The lowest BCUT2D eigenvalue weighted by Gasteiger charge is -2.24. The van der Waals surface area contributed by atoms with Crippen molar-refractivity contribution in [3.05, 3.63) is 30.0 Å².